The van der Waals surface area contributed by atoms with Crippen LogP contribution in [0.2, 0.25) is 0 Å². The third kappa shape index (κ3) is 5.43. The molecule has 0 spiro atoms. The number of nitrogens with one attached hydrogen (secondary N) is 1. The molecule has 0 saturated carbocycles. The van der Waals surface area contributed by atoms with Gasteiger partial charge in [0.2, 0.25) is 0 Å². The van der Waals surface area contributed by atoms with E-state index in [0.717, 1.165) is 6.42 Å². The van der Waals surface area contributed by atoms with E-state index in [1.54, 1.807) is 0 Å². The minimum absolute atomic E-state index is 0.0194. The van der Waals surface area contributed by atoms with Crippen molar-refractivity contribution in [1.82, 2.24) is 5.32 Å². The first-order valence-electron chi connectivity index (χ1n) is 4.48. The largest absolute Gasteiger partial charge is 0.409 e. The quantitative estimate of drug-likeness (QED) is 0.200. The molecular formula is C8H19N3O2. The van der Waals surface area contributed by atoms with E-state index >= 15 is 0 Å². The summed E-state index contributed by atoms with van der Waals surface area (Å²) in [6.45, 7) is 4.91. The lowest BCUT2D eigenvalue weighted by Crippen LogP contribution is -2.35. The zero-order chi connectivity index (χ0) is 10.3. The Kier molecular flexibility index (Phi) is 6.26. The molecule has 0 aliphatic heterocycles. The van der Waals surface area contributed by atoms with E-state index in [1.807, 2.05) is 13.8 Å². The van der Waals surface area contributed by atoms with E-state index in [0.29, 0.717) is 13.1 Å². The van der Waals surface area contributed by atoms with E-state index in [4.69, 9.17) is 10.9 Å². The SMILES string of the molecule is CCC(O)CNCC(C)C(N)=NO. The molecule has 2 atom stereocenters. The second-order valence-corrected chi connectivity index (χ2v) is 3.15. The number of nitrogens with two attached hydrogens (primary N) is 1. The molecule has 78 valence electrons. The van der Waals surface area contributed by atoms with Gasteiger partial charge in [-0.05, 0) is 6.42 Å². The van der Waals surface area contributed by atoms with Crippen molar-refractivity contribution in [2.45, 2.75) is 26.4 Å². The van der Waals surface area contributed by atoms with Gasteiger partial charge < -0.3 is 21.4 Å². The van der Waals surface area contributed by atoms with Crippen LogP contribution in [0.3, 0.4) is 0 Å². The molecule has 2 unspecified atom stereocenters. The normalized spacial score (nSPS) is 17.0. The summed E-state index contributed by atoms with van der Waals surface area (Å²) < 4.78 is 0. The van der Waals surface area contributed by atoms with Crippen LogP contribution in [0.4, 0.5) is 0 Å². The van der Waals surface area contributed by atoms with Gasteiger partial charge in [-0.25, -0.2) is 0 Å². The summed E-state index contributed by atoms with van der Waals surface area (Å²) in [6.07, 6.45) is 0.407. The predicted octanol–water partition coefficient (Wildman–Crippen LogP) is -0.271. The maximum atomic E-state index is 9.19. The fraction of sp³-hybridized carbons (Fsp3) is 0.875. The third-order valence-electron chi connectivity index (χ3n) is 1.92. The average Bonchev–Trinajstić information content (AvgIpc) is 2.15. The predicted molar refractivity (Wildman–Crippen MR) is 51.7 cm³/mol. The number of rotatable bonds is 6. The van der Waals surface area contributed by atoms with Crippen LogP contribution < -0.4 is 11.1 Å². The summed E-state index contributed by atoms with van der Waals surface area (Å²) in [5.41, 5.74) is 5.36. The first kappa shape index (κ1) is 12.2. The van der Waals surface area contributed by atoms with Crippen LogP contribution in [0.15, 0.2) is 5.16 Å². The molecule has 0 heterocycles. The maximum absolute atomic E-state index is 9.19. The number of nitrogens with zero attached hydrogens (tertiary/aromatic N) is 1. The van der Waals surface area contributed by atoms with Crippen molar-refractivity contribution in [3.8, 4) is 0 Å². The van der Waals surface area contributed by atoms with E-state index < -0.39 is 0 Å². The molecule has 0 aromatic carbocycles. The van der Waals surface area contributed by atoms with Gasteiger partial charge in [-0.1, -0.05) is 19.0 Å². The Balaban J connectivity index is 3.53. The molecule has 0 aromatic rings. The first-order chi connectivity index (χ1) is 6.11. The minimum atomic E-state index is -0.320. The second kappa shape index (κ2) is 6.68. The number of amidine groups is 1. The highest BCUT2D eigenvalue weighted by atomic mass is 16.4. The van der Waals surface area contributed by atoms with Gasteiger partial charge in [-0.3, -0.25) is 0 Å². The molecule has 0 fully saturated rings. The van der Waals surface area contributed by atoms with Gasteiger partial charge in [0.25, 0.3) is 0 Å². The van der Waals surface area contributed by atoms with E-state index in [2.05, 4.69) is 10.5 Å². The molecule has 0 aliphatic carbocycles. The first-order valence-corrected chi connectivity index (χ1v) is 4.48. The topological polar surface area (TPSA) is 90.9 Å². The number of aliphatic hydroxyl groups is 1. The number of hydrogen-bond acceptors (Lipinski definition) is 4. The molecule has 13 heavy (non-hydrogen) atoms. The molecule has 5 N–H and O–H groups in total. The zero-order valence-electron chi connectivity index (χ0n) is 8.20. The number of hydrogen-bond donors (Lipinski definition) is 4. The Morgan fingerprint density at radius 2 is 2.15 bits per heavy atom. The monoisotopic (exact) mass is 189 g/mol. The molecule has 0 aromatic heterocycles. The number of oxime groups is 1. The van der Waals surface area contributed by atoms with Crippen LogP contribution in [0.1, 0.15) is 20.3 Å². The zero-order valence-corrected chi connectivity index (χ0v) is 8.20. The van der Waals surface area contributed by atoms with Gasteiger partial charge in [0, 0.05) is 19.0 Å². The summed E-state index contributed by atoms with van der Waals surface area (Å²) in [6, 6.07) is 0. The lowest BCUT2D eigenvalue weighted by Gasteiger charge is -2.13. The van der Waals surface area contributed by atoms with Crippen molar-refractivity contribution >= 4 is 5.84 Å². The average molecular weight is 189 g/mol. The van der Waals surface area contributed by atoms with Gasteiger partial charge in [0.15, 0.2) is 0 Å². The van der Waals surface area contributed by atoms with Crippen molar-refractivity contribution in [1.29, 1.82) is 0 Å². The lowest BCUT2D eigenvalue weighted by molar-refractivity contribution is 0.167. The smallest absolute Gasteiger partial charge is 0.143 e. The Labute approximate surface area is 78.6 Å². The van der Waals surface area contributed by atoms with E-state index in [1.165, 1.54) is 0 Å². The van der Waals surface area contributed by atoms with Crippen LogP contribution in [-0.4, -0.2) is 35.3 Å². The summed E-state index contributed by atoms with van der Waals surface area (Å²) in [5, 5.41) is 23.5. The molecule has 0 amide bonds. The summed E-state index contributed by atoms with van der Waals surface area (Å²) in [4.78, 5) is 0. The molecule has 0 radical (unpaired) electrons. The fourth-order valence-corrected chi connectivity index (χ4v) is 0.814. The van der Waals surface area contributed by atoms with Crippen molar-refractivity contribution < 1.29 is 10.3 Å². The molecule has 0 bridgehead atoms. The molecule has 0 saturated heterocycles. The minimum Gasteiger partial charge on any atom is -0.409 e. The molecule has 0 rings (SSSR count). The Bertz CT molecular complexity index is 161. The summed E-state index contributed by atoms with van der Waals surface area (Å²) in [7, 11) is 0. The van der Waals surface area contributed by atoms with E-state index in [-0.39, 0.29) is 17.9 Å². The highest BCUT2D eigenvalue weighted by Crippen LogP contribution is 1.93. The maximum Gasteiger partial charge on any atom is 0.143 e. The van der Waals surface area contributed by atoms with Gasteiger partial charge in [0.05, 0.1) is 6.10 Å². The second-order valence-electron chi connectivity index (χ2n) is 3.15. The molecule has 0 aliphatic rings. The van der Waals surface area contributed by atoms with Gasteiger partial charge in [-0.15, -0.1) is 0 Å². The van der Waals surface area contributed by atoms with Gasteiger partial charge >= 0.3 is 0 Å². The van der Waals surface area contributed by atoms with Crippen molar-refractivity contribution in [2.24, 2.45) is 16.8 Å². The van der Waals surface area contributed by atoms with Crippen LogP contribution in [0.25, 0.3) is 0 Å². The van der Waals surface area contributed by atoms with Crippen LogP contribution in [0.5, 0.6) is 0 Å². The van der Waals surface area contributed by atoms with Crippen LogP contribution >= 0.6 is 0 Å². The Morgan fingerprint density at radius 3 is 2.62 bits per heavy atom. The van der Waals surface area contributed by atoms with Crippen LogP contribution in [-0.2, 0) is 0 Å². The highest BCUT2D eigenvalue weighted by molar-refractivity contribution is 5.82. The third-order valence-corrected chi connectivity index (χ3v) is 1.92. The summed E-state index contributed by atoms with van der Waals surface area (Å²) in [5.74, 6) is 0.188. The standard InChI is InChI=1S/C8H19N3O2/c1-3-7(12)5-10-4-6(2)8(9)11-13/h6-7,10,12-13H,3-5H2,1-2H3,(H2,9,11). The molecule has 5 nitrogen and oxygen atoms in total. The van der Waals surface area contributed by atoms with Crippen molar-refractivity contribution in [3.63, 3.8) is 0 Å². The van der Waals surface area contributed by atoms with Gasteiger partial charge in [0.1, 0.15) is 5.84 Å². The fourth-order valence-electron chi connectivity index (χ4n) is 0.814. The molecule has 5 heteroatoms. The van der Waals surface area contributed by atoms with Crippen LogP contribution in [0, 0.1) is 5.92 Å². The Morgan fingerprint density at radius 1 is 1.54 bits per heavy atom. The molecular weight excluding hydrogens is 170 g/mol. The van der Waals surface area contributed by atoms with Crippen molar-refractivity contribution in [3.05, 3.63) is 0 Å². The van der Waals surface area contributed by atoms with E-state index in [9.17, 15) is 5.11 Å². The Hall–Kier alpha value is -0.810. The number of aliphatic hydroxyl groups excluding tert-OH is 1. The lowest BCUT2D eigenvalue weighted by atomic mass is 10.1. The van der Waals surface area contributed by atoms with Crippen molar-refractivity contribution in [2.75, 3.05) is 13.1 Å². The van der Waals surface area contributed by atoms with Gasteiger partial charge in [-0.2, -0.15) is 0 Å². The summed E-state index contributed by atoms with van der Waals surface area (Å²) >= 11 is 0. The highest BCUT2D eigenvalue weighted by Gasteiger charge is 2.07.